The van der Waals surface area contributed by atoms with Crippen molar-refractivity contribution in [1.29, 1.82) is 0 Å². The minimum atomic E-state index is 0.0239. The maximum absolute atomic E-state index is 2.49. The molecular weight excluding hydrogens is 1630 g/mol. The van der Waals surface area contributed by atoms with E-state index in [1.807, 2.05) is 0 Å². The van der Waals surface area contributed by atoms with Gasteiger partial charge in [0.1, 0.15) is 0 Å². The Labute approximate surface area is 836 Å². The summed E-state index contributed by atoms with van der Waals surface area (Å²) < 4.78 is 0. The summed E-state index contributed by atoms with van der Waals surface area (Å²) in [7, 11) is 0. The van der Waals surface area contributed by atoms with Crippen LogP contribution in [0.1, 0.15) is 437 Å². The summed E-state index contributed by atoms with van der Waals surface area (Å²) in [4.78, 5) is 0. The largest absolute Gasteiger partial charge is 0.0682 e. The van der Waals surface area contributed by atoms with Gasteiger partial charge in [0.25, 0.3) is 0 Å². The monoisotopic (exact) mass is 1830 g/mol. The molecule has 0 saturated heterocycles. The highest BCUT2D eigenvalue weighted by atomic mass is 14.7. The second kappa shape index (κ2) is 38.4. The van der Waals surface area contributed by atoms with Crippen LogP contribution in [0.5, 0.6) is 0 Å². The van der Waals surface area contributed by atoms with Crippen LogP contribution in [0.2, 0.25) is 0 Å². The molecule has 0 aromatic heterocycles. The van der Waals surface area contributed by atoms with Crippen LogP contribution in [0.25, 0.3) is 0 Å². The molecule has 7 aromatic carbocycles. The van der Waals surface area contributed by atoms with Crippen molar-refractivity contribution < 1.29 is 0 Å². The number of allylic oxidation sites excluding steroid dienone is 16. The number of hydrogen-bond acceptors (Lipinski definition) is 0. The lowest BCUT2D eigenvalue weighted by molar-refractivity contribution is -0.0196. The van der Waals surface area contributed by atoms with Gasteiger partial charge in [0.2, 0.25) is 0 Å². The smallest absolute Gasteiger partial charge is 0.0419 e. The van der Waals surface area contributed by atoms with Crippen LogP contribution in [0, 0.1) is 70.4 Å². The van der Waals surface area contributed by atoms with E-state index in [-0.39, 0.29) is 37.9 Å². The molecule has 4 spiro atoms. The molecule has 736 valence electrons. The molecule has 0 N–H and O–H groups in total. The van der Waals surface area contributed by atoms with Crippen molar-refractivity contribution >= 4 is 0 Å². The van der Waals surface area contributed by atoms with Gasteiger partial charge in [-0.15, -0.1) is 0 Å². The first kappa shape index (κ1) is 107. The molecule has 19 rings (SSSR count). The highest BCUT2D eigenvalue weighted by Crippen LogP contribution is 2.76. The maximum atomic E-state index is 2.49. The standard InChI is InChI=1S/3C21H24.C16H28.C16H22.C15H26.2C13H22/c2*1-16-17(2)21(4,19-13-9-6-10-14-19)15-20(16,3)18-11-7-5-8-12-18;1-16-17(2)21(15-20(16,3)4,18-11-7-5-8-12-18)19-13-9-6-10-14-19;1-12-13(2)15(5,6)16(14(12,3)4)10-8-7-9-11-16;1-12-13(2)16(5,11-15(12,3)4)14-9-7-6-8-10-14;1-11-12(2)14(5,6)15(13(11,3)4)9-7-8-10-15;1-9-10(2)13(7-8-13)12(5,6)11(9,3)4;1-10-11(2)13(7-5-6-8-13)9-12(10,3)4/h3*5-14H,15H2,1-4H3;7-11H2,1-6H3;6-10H,11H2,1-5H3;7-10H2,1-6H3;7-8H2,1-6H3;5-9H2,1-4H3. The maximum Gasteiger partial charge on any atom is 0.0419 e. The fraction of sp³-hybridized carbons (Fsp3) is 0.574. The van der Waals surface area contributed by atoms with Gasteiger partial charge in [-0.2, -0.15) is 0 Å². The van der Waals surface area contributed by atoms with E-state index in [1.54, 1.807) is 55.7 Å². The van der Waals surface area contributed by atoms with Gasteiger partial charge in [-0.05, 0) is 304 Å². The van der Waals surface area contributed by atoms with E-state index in [9.17, 15) is 0 Å². The van der Waals surface area contributed by atoms with E-state index in [2.05, 4.69) is 482 Å². The Morgan fingerprint density at radius 3 is 0.588 bits per heavy atom. The number of hydrogen-bond donors (Lipinski definition) is 0. The Bertz CT molecular complexity index is 5300. The van der Waals surface area contributed by atoms with E-state index in [4.69, 9.17) is 0 Å². The molecule has 136 heavy (non-hydrogen) atoms. The molecule has 12 aliphatic carbocycles. The molecule has 5 atom stereocenters. The molecule has 0 nitrogen and oxygen atoms in total. The van der Waals surface area contributed by atoms with Gasteiger partial charge >= 0.3 is 0 Å². The topological polar surface area (TPSA) is 0 Å². The SMILES string of the molecule is CC1=C(C)C(C)(C)C2(CCCC2)C1(C)C.CC1=C(C)C(C)(C)C2(CCCCC2)C1(C)C.CC1=C(C)C(C)(c2ccccc2)CC1(C)C.CC1=C(C)C(C)(c2ccccc2)CC1(C)c1ccccc1.CC1=C(C)C(C)(c2ccccc2)CC1(C)c1ccccc1.CC1=C(C)C(c2ccccc2)(c2ccccc2)CC1(C)C.CC1=C(C)C2(CC2)C(C)(C)C1(C)C.CC1=C(C)C2(CCCC2)CC1(C)C. The summed E-state index contributed by atoms with van der Waals surface area (Å²) >= 11 is 0. The molecule has 4 saturated carbocycles. The van der Waals surface area contributed by atoms with Crippen LogP contribution in [0.4, 0.5) is 0 Å². The van der Waals surface area contributed by atoms with Crippen molar-refractivity contribution in [1.82, 2.24) is 0 Å². The molecule has 0 amide bonds. The van der Waals surface area contributed by atoms with Gasteiger partial charge < -0.3 is 0 Å². The van der Waals surface area contributed by atoms with Gasteiger partial charge in [0.05, 0.1) is 0 Å². The summed E-state index contributed by atoms with van der Waals surface area (Å²) in [6, 6.07) is 76.7. The van der Waals surface area contributed by atoms with Crippen molar-refractivity contribution in [3.8, 4) is 0 Å². The first-order chi connectivity index (χ1) is 63.1. The van der Waals surface area contributed by atoms with E-state index in [0.29, 0.717) is 65.0 Å². The summed E-state index contributed by atoms with van der Waals surface area (Å²) in [6.45, 7) is 93.3. The summed E-state index contributed by atoms with van der Waals surface area (Å²) in [6.07, 6.45) is 27.7. The Morgan fingerprint density at radius 1 is 0.162 bits per heavy atom. The molecule has 12 aliphatic rings. The van der Waals surface area contributed by atoms with E-state index in [1.165, 1.54) is 182 Å². The van der Waals surface area contributed by atoms with Crippen LogP contribution in [-0.2, 0) is 32.5 Å². The minimum Gasteiger partial charge on any atom is -0.0682 e. The summed E-state index contributed by atoms with van der Waals surface area (Å²) in [5, 5.41) is 0. The lowest BCUT2D eigenvalue weighted by atomic mass is 9.50. The van der Waals surface area contributed by atoms with Gasteiger partial charge in [0.15, 0.2) is 0 Å². The van der Waals surface area contributed by atoms with Crippen LogP contribution in [0.15, 0.2) is 301 Å². The van der Waals surface area contributed by atoms with Crippen molar-refractivity contribution in [2.24, 2.45) is 70.4 Å². The van der Waals surface area contributed by atoms with Gasteiger partial charge in [0, 0.05) is 32.5 Å². The molecule has 0 bridgehead atoms. The zero-order chi connectivity index (χ0) is 101. The molecule has 0 aliphatic heterocycles. The third kappa shape index (κ3) is 17.7. The third-order valence-electron chi connectivity index (χ3n) is 44.8. The normalized spacial score (nSPS) is 28.6. The molecule has 5 unspecified atom stereocenters. The molecule has 4 fully saturated rings. The van der Waals surface area contributed by atoms with Crippen LogP contribution >= 0.6 is 0 Å². The summed E-state index contributed by atoms with van der Waals surface area (Å²) in [5.41, 5.74) is 42.4. The summed E-state index contributed by atoms with van der Waals surface area (Å²) in [5.74, 6) is 0. The highest BCUT2D eigenvalue weighted by molar-refractivity contribution is 5.57. The minimum absolute atomic E-state index is 0.0239. The zero-order valence-electron chi connectivity index (χ0n) is 94.3. The molecule has 0 radical (unpaired) electrons. The quantitative estimate of drug-likeness (QED) is 0.140. The second-order valence-electron chi connectivity index (χ2n) is 52.4. The molecule has 7 aromatic rings. The highest BCUT2D eigenvalue weighted by Gasteiger charge is 2.67. The first-order valence-corrected chi connectivity index (χ1v) is 54.0. The first-order valence-electron chi connectivity index (χ1n) is 54.0. The predicted molar refractivity (Wildman–Crippen MR) is 596 cm³/mol. The predicted octanol–water partition coefficient (Wildman–Crippen LogP) is 40.5. The Kier molecular flexibility index (Phi) is 30.3. The Balaban J connectivity index is 0.000000141. The van der Waals surface area contributed by atoms with Crippen molar-refractivity contribution in [3.05, 3.63) is 340 Å². The van der Waals surface area contributed by atoms with Gasteiger partial charge in [-0.3, -0.25) is 0 Å². The number of benzene rings is 7. The van der Waals surface area contributed by atoms with Crippen LogP contribution < -0.4 is 0 Å². The van der Waals surface area contributed by atoms with Crippen molar-refractivity contribution in [2.45, 2.75) is 431 Å². The fourth-order valence-electron chi connectivity index (χ4n) is 31.9. The average Bonchev–Trinajstić information content (AvgIpc) is 1.50. The number of rotatable bonds is 7. The lowest BCUT2D eigenvalue weighted by Crippen LogP contribution is -2.46. The van der Waals surface area contributed by atoms with Crippen molar-refractivity contribution in [3.63, 3.8) is 0 Å². The molecular formula is C136H192. The fourth-order valence-corrected chi connectivity index (χ4v) is 31.9. The van der Waals surface area contributed by atoms with Gasteiger partial charge in [-0.1, -0.05) is 506 Å². The Hall–Kier alpha value is -7.54. The zero-order valence-corrected chi connectivity index (χ0v) is 94.3. The average molecular weight is 1830 g/mol. The van der Waals surface area contributed by atoms with E-state index in [0.717, 1.165) is 19.3 Å². The molecule has 0 heteroatoms. The second-order valence-corrected chi connectivity index (χ2v) is 52.4. The third-order valence-corrected chi connectivity index (χ3v) is 44.8. The van der Waals surface area contributed by atoms with E-state index >= 15 is 0 Å². The lowest BCUT2D eigenvalue weighted by Gasteiger charge is -2.53. The van der Waals surface area contributed by atoms with Crippen molar-refractivity contribution in [2.75, 3.05) is 0 Å². The van der Waals surface area contributed by atoms with Gasteiger partial charge in [-0.25, -0.2) is 0 Å². The van der Waals surface area contributed by atoms with Crippen LogP contribution in [-0.4, -0.2) is 0 Å². The van der Waals surface area contributed by atoms with Crippen LogP contribution in [0.3, 0.4) is 0 Å². The molecule has 0 heterocycles. The Morgan fingerprint density at radius 2 is 0.375 bits per heavy atom. The van der Waals surface area contributed by atoms with E-state index < -0.39 is 0 Å².